The van der Waals surface area contributed by atoms with Crippen LogP contribution in [0.2, 0.25) is 0 Å². The van der Waals surface area contributed by atoms with Crippen molar-refractivity contribution in [1.82, 2.24) is 0 Å². The van der Waals surface area contributed by atoms with E-state index in [0.717, 1.165) is 0 Å². The molecule has 1 aromatic rings. The molecular weight excluding hydrogens is 266 g/mol. The maximum atomic E-state index is 11.5. The quantitative estimate of drug-likeness (QED) is 0.325. The normalized spacial score (nSPS) is 16.6. The van der Waals surface area contributed by atoms with Crippen LogP contribution < -0.4 is 4.74 Å². The molecule has 1 atom stereocenters. The molecule has 1 heterocycles. The van der Waals surface area contributed by atoms with Gasteiger partial charge in [0.2, 0.25) is 0 Å². The maximum Gasteiger partial charge on any atom is 0.314 e. The Morgan fingerprint density at radius 2 is 2.30 bits per heavy atom. The predicted molar refractivity (Wildman–Crippen MR) is 68.7 cm³/mol. The molecule has 108 valence electrons. The fraction of sp³-hybridized carbons (Fsp3) is 0.462. The van der Waals surface area contributed by atoms with Crippen molar-refractivity contribution in [3.8, 4) is 5.75 Å². The summed E-state index contributed by atoms with van der Waals surface area (Å²) in [6.45, 7) is 2.79. The van der Waals surface area contributed by atoms with E-state index in [-0.39, 0.29) is 42.7 Å². The molecule has 1 saturated heterocycles. The zero-order valence-corrected chi connectivity index (χ0v) is 11.0. The highest BCUT2D eigenvalue weighted by Crippen LogP contribution is 2.32. The summed E-state index contributed by atoms with van der Waals surface area (Å²) in [5.41, 5.74) is 0.0869. The third-order valence-electron chi connectivity index (χ3n) is 2.73. The third kappa shape index (κ3) is 3.67. The zero-order valence-electron chi connectivity index (χ0n) is 11.0. The molecule has 7 nitrogen and oxygen atoms in total. The lowest BCUT2D eigenvalue weighted by molar-refractivity contribution is -0.386. The Hall–Kier alpha value is -2.15. The van der Waals surface area contributed by atoms with Gasteiger partial charge in [-0.1, -0.05) is 12.1 Å². The Balaban J connectivity index is 2.18. The number of ether oxygens (including phenoxy) is 3. The second-order valence-electron chi connectivity index (χ2n) is 4.27. The minimum Gasteiger partial charge on any atom is -0.484 e. The molecule has 20 heavy (non-hydrogen) atoms. The summed E-state index contributed by atoms with van der Waals surface area (Å²) in [4.78, 5) is 22.1. The van der Waals surface area contributed by atoms with Crippen LogP contribution >= 0.6 is 0 Å². The second kappa shape index (κ2) is 6.33. The lowest BCUT2D eigenvalue weighted by Gasteiger charge is -2.08. The van der Waals surface area contributed by atoms with Gasteiger partial charge < -0.3 is 14.2 Å². The second-order valence-corrected chi connectivity index (χ2v) is 4.27. The number of carbonyl (C=O) groups is 1. The number of epoxide rings is 1. The standard InChI is InChI=1S/C13H15NO6/c1-2-18-12(15)6-9-4-3-5-11(13(9)14(16)17)20-8-10-7-19-10/h3-5,10H,2,6-8H2,1H3. The molecule has 0 N–H and O–H groups in total. The summed E-state index contributed by atoms with van der Waals surface area (Å²) < 4.78 is 15.2. The summed E-state index contributed by atoms with van der Waals surface area (Å²) in [7, 11) is 0. The van der Waals surface area contributed by atoms with Crippen molar-refractivity contribution in [3.63, 3.8) is 0 Å². The molecule has 0 aromatic heterocycles. The van der Waals surface area contributed by atoms with Crippen LogP contribution in [0.3, 0.4) is 0 Å². The van der Waals surface area contributed by atoms with Crippen LogP contribution in [0.25, 0.3) is 0 Å². The van der Waals surface area contributed by atoms with Crippen molar-refractivity contribution in [1.29, 1.82) is 0 Å². The minimum absolute atomic E-state index is 0.00307. The van der Waals surface area contributed by atoms with E-state index in [4.69, 9.17) is 14.2 Å². The van der Waals surface area contributed by atoms with E-state index >= 15 is 0 Å². The number of hydrogen-bond donors (Lipinski definition) is 0. The van der Waals surface area contributed by atoms with Crippen molar-refractivity contribution >= 4 is 11.7 Å². The molecule has 0 bridgehead atoms. The van der Waals surface area contributed by atoms with Crippen LogP contribution in [0, 0.1) is 10.1 Å². The van der Waals surface area contributed by atoms with E-state index in [9.17, 15) is 14.9 Å². The number of carbonyl (C=O) groups excluding carboxylic acids is 1. The summed E-state index contributed by atoms with van der Waals surface area (Å²) >= 11 is 0. The number of nitro groups is 1. The number of nitrogens with zero attached hydrogens (tertiary/aromatic N) is 1. The number of nitro benzene ring substituents is 1. The molecule has 0 spiro atoms. The summed E-state index contributed by atoms with van der Waals surface area (Å²) in [6.07, 6.45) is -0.148. The van der Waals surface area contributed by atoms with Gasteiger partial charge in [-0.3, -0.25) is 14.9 Å². The summed E-state index contributed by atoms with van der Waals surface area (Å²) in [5.74, 6) is -0.356. The van der Waals surface area contributed by atoms with Gasteiger partial charge >= 0.3 is 11.7 Å². The lowest BCUT2D eigenvalue weighted by atomic mass is 10.1. The SMILES string of the molecule is CCOC(=O)Cc1cccc(OCC2CO2)c1[N+](=O)[O-]. The lowest BCUT2D eigenvalue weighted by Crippen LogP contribution is -2.11. The molecule has 1 aliphatic rings. The van der Waals surface area contributed by atoms with Gasteiger partial charge in [-0.2, -0.15) is 0 Å². The van der Waals surface area contributed by atoms with Crippen LogP contribution in [0.5, 0.6) is 5.75 Å². The number of para-hydroxylation sites is 1. The Bertz CT molecular complexity index is 512. The first-order valence-electron chi connectivity index (χ1n) is 6.28. The Labute approximate surface area is 115 Å². The molecular formula is C13H15NO6. The monoisotopic (exact) mass is 281 g/mol. The fourth-order valence-electron chi connectivity index (χ4n) is 1.75. The van der Waals surface area contributed by atoms with Gasteiger partial charge in [0, 0.05) is 5.56 Å². The molecule has 0 saturated carbocycles. The average molecular weight is 281 g/mol. The minimum atomic E-state index is -0.544. The van der Waals surface area contributed by atoms with E-state index in [1.165, 1.54) is 12.1 Å². The Kier molecular flexibility index (Phi) is 4.52. The number of benzene rings is 1. The summed E-state index contributed by atoms with van der Waals surface area (Å²) in [5, 5.41) is 11.2. The van der Waals surface area contributed by atoms with Gasteiger partial charge in [0.25, 0.3) is 0 Å². The van der Waals surface area contributed by atoms with Crippen molar-refractivity contribution in [2.45, 2.75) is 19.4 Å². The van der Waals surface area contributed by atoms with Crippen molar-refractivity contribution < 1.29 is 23.9 Å². The molecule has 1 aromatic carbocycles. The van der Waals surface area contributed by atoms with Gasteiger partial charge in [0.1, 0.15) is 12.7 Å². The van der Waals surface area contributed by atoms with Crippen LogP contribution in [-0.4, -0.2) is 36.8 Å². The van der Waals surface area contributed by atoms with Crippen LogP contribution in [0.4, 0.5) is 5.69 Å². The van der Waals surface area contributed by atoms with Crippen molar-refractivity contribution in [2.75, 3.05) is 19.8 Å². The van der Waals surface area contributed by atoms with Crippen LogP contribution in [0.15, 0.2) is 18.2 Å². The van der Waals surface area contributed by atoms with Gasteiger partial charge in [-0.05, 0) is 13.0 Å². The number of hydrogen-bond acceptors (Lipinski definition) is 6. The molecule has 7 heteroatoms. The van der Waals surface area contributed by atoms with E-state index in [1.807, 2.05) is 0 Å². The highest BCUT2D eigenvalue weighted by atomic mass is 16.6. The van der Waals surface area contributed by atoms with Crippen LogP contribution in [-0.2, 0) is 20.7 Å². The van der Waals surface area contributed by atoms with E-state index in [0.29, 0.717) is 6.61 Å². The molecule has 1 unspecified atom stereocenters. The Morgan fingerprint density at radius 1 is 1.55 bits per heavy atom. The highest BCUT2D eigenvalue weighted by Gasteiger charge is 2.27. The first-order valence-corrected chi connectivity index (χ1v) is 6.28. The van der Waals surface area contributed by atoms with Gasteiger partial charge in [-0.15, -0.1) is 0 Å². The van der Waals surface area contributed by atoms with Crippen molar-refractivity contribution in [3.05, 3.63) is 33.9 Å². The number of esters is 1. The Morgan fingerprint density at radius 3 is 2.90 bits per heavy atom. The molecule has 2 rings (SSSR count). The van der Waals surface area contributed by atoms with E-state index in [1.54, 1.807) is 13.0 Å². The molecule has 1 aliphatic heterocycles. The van der Waals surface area contributed by atoms with Gasteiger partial charge in [0.15, 0.2) is 5.75 Å². The zero-order chi connectivity index (χ0) is 14.5. The van der Waals surface area contributed by atoms with Crippen LogP contribution in [0.1, 0.15) is 12.5 Å². The maximum absolute atomic E-state index is 11.5. The fourth-order valence-corrected chi connectivity index (χ4v) is 1.75. The molecule has 0 radical (unpaired) electrons. The van der Waals surface area contributed by atoms with Gasteiger partial charge in [-0.25, -0.2) is 0 Å². The van der Waals surface area contributed by atoms with Crippen molar-refractivity contribution in [2.24, 2.45) is 0 Å². The molecule has 0 aliphatic carbocycles. The smallest absolute Gasteiger partial charge is 0.314 e. The number of rotatable bonds is 7. The average Bonchev–Trinajstić information content (AvgIpc) is 3.20. The third-order valence-corrected chi connectivity index (χ3v) is 2.73. The van der Waals surface area contributed by atoms with E-state index < -0.39 is 10.9 Å². The van der Waals surface area contributed by atoms with E-state index in [2.05, 4.69) is 0 Å². The highest BCUT2D eigenvalue weighted by molar-refractivity contribution is 5.75. The largest absolute Gasteiger partial charge is 0.484 e. The first-order chi connectivity index (χ1) is 9.61. The van der Waals surface area contributed by atoms with Gasteiger partial charge in [0.05, 0.1) is 24.6 Å². The molecule has 1 fully saturated rings. The topological polar surface area (TPSA) is 91.2 Å². The first kappa shape index (κ1) is 14.3. The predicted octanol–water partition coefficient (Wildman–Crippen LogP) is 1.48. The molecule has 0 amide bonds. The summed E-state index contributed by atoms with van der Waals surface area (Å²) in [6, 6.07) is 4.65.